The van der Waals surface area contributed by atoms with Crippen LogP contribution in [0.3, 0.4) is 0 Å². The Hall–Kier alpha value is -0.580. The molecule has 1 heterocycles. The van der Waals surface area contributed by atoms with Crippen LogP contribution in [0.1, 0.15) is 30.1 Å². The molecule has 1 aliphatic heterocycles. The molecule has 0 aliphatic carbocycles. The zero-order chi connectivity index (χ0) is 14.0. The highest BCUT2D eigenvalue weighted by molar-refractivity contribution is 9.10. The number of nitrogens with two attached hydrogens (primary N) is 1. The van der Waals surface area contributed by atoms with Crippen LogP contribution >= 0.6 is 27.5 Å². The predicted molar refractivity (Wildman–Crippen MR) is 81.4 cm³/mol. The zero-order valence-electron chi connectivity index (χ0n) is 10.9. The van der Waals surface area contributed by atoms with E-state index in [1.54, 1.807) is 12.1 Å². The fraction of sp³-hybridized carbons (Fsp3) is 0.500. The van der Waals surface area contributed by atoms with E-state index in [0.717, 1.165) is 30.4 Å². The van der Waals surface area contributed by atoms with Crippen LogP contribution in [0.2, 0.25) is 5.02 Å². The van der Waals surface area contributed by atoms with E-state index < -0.39 is 0 Å². The molecule has 1 saturated heterocycles. The average molecular weight is 346 g/mol. The lowest BCUT2D eigenvalue weighted by molar-refractivity contribution is 0.0661. The van der Waals surface area contributed by atoms with Crippen molar-refractivity contribution in [2.45, 2.75) is 25.8 Å². The average Bonchev–Trinajstić information content (AvgIpc) is 2.41. The van der Waals surface area contributed by atoms with Crippen LogP contribution in [0.25, 0.3) is 0 Å². The number of piperidine rings is 1. The fourth-order valence-corrected chi connectivity index (χ4v) is 3.01. The summed E-state index contributed by atoms with van der Waals surface area (Å²) in [5.41, 5.74) is 6.51. The molecule has 0 unspecified atom stereocenters. The standard InChI is InChI=1S/C14H18BrClN2O/c1-9(17)10-3-2-6-18(8-10)14(19)12-7-11(15)4-5-13(12)16/h4-5,7,9-10H,2-3,6,8,17H2,1H3/t9-,10+/m0/s1. The summed E-state index contributed by atoms with van der Waals surface area (Å²) in [5.74, 6) is 0.375. The van der Waals surface area contributed by atoms with Crippen LogP contribution in [-0.2, 0) is 0 Å². The van der Waals surface area contributed by atoms with Gasteiger partial charge in [-0.2, -0.15) is 0 Å². The van der Waals surface area contributed by atoms with Crippen molar-refractivity contribution >= 4 is 33.4 Å². The Morgan fingerprint density at radius 2 is 2.32 bits per heavy atom. The second-order valence-corrected chi connectivity index (χ2v) is 6.46. The number of carbonyl (C=O) groups excluding carboxylic acids is 1. The molecular formula is C14H18BrClN2O. The number of benzene rings is 1. The number of rotatable bonds is 2. The predicted octanol–water partition coefficient (Wildman–Crippen LogP) is 3.30. The second kappa shape index (κ2) is 6.25. The molecule has 1 aromatic carbocycles. The van der Waals surface area contributed by atoms with Crippen LogP contribution in [0, 0.1) is 5.92 Å². The van der Waals surface area contributed by atoms with Gasteiger partial charge < -0.3 is 10.6 Å². The summed E-state index contributed by atoms with van der Waals surface area (Å²) in [6.45, 7) is 3.51. The first kappa shape index (κ1) is 14.8. The lowest BCUT2D eigenvalue weighted by Crippen LogP contribution is -2.45. The second-order valence-electron chi connectivity index (χ2n) is 5.14. The van der Waals surface area contributed by atoms with Crippen molar-refractivity contribution in [3.8, 4) is 0 Å². The van der Waals surface area contributed by atoms with E-state index in [1.165, 1.54) is 0 Å². The smallest absolute Gasteiger partial charge is 0.255 e. The summed E-state index contributed by atoms with van der Waals surface area (Å²) >= 11 is 9.49. The molecule has 1 amide bonds. The maximum absolute atomic E-state index is 12.5. The van der Waals surface area contributed by atoms with Crippen molar-refractivity contribution in [3.05, 3.63) is 33.3 Å². The van der Waals surface area contributed by atoms with Crippen LogP contribution in [-0.4, -0.2) is 29.9 Å². The van der Waals surface area contributed by atoms with Gasteiger partial charge in [0.2, 0.25) is 0 Å². The van der Waals surface area contributed by atoms with Gasteiger partial charge in [0, 0.05) is 23.6 Å². The first-order valence-electron chi connectivity index (χ1n) is 6.49. The molecule has 19 heavy (non-hydrogen) atoms. The first-order valence-corrected chi connectivity index (χ1v) is 7.66. The van der Waals surface area contributed by atoms with E-state index >= 15 is 0 Å². The lowest BCUT2D eigenvalue weighted by atomic mass is 9.92. The van der Waals surface area contributed by atoms with Crippen molar-refractivity contribution in [2.75, 3.05) is 13.1 Å². The summed E-state index contributed by atoms with van der Waals surface area (Å²) in [6, 6.07) is 5.47. The maximum Gasteiger partial charge on any atom is 0.255 e. The number of amides is 1. The number of hydrogen-bond acceptors (Lipinski definition) is 2. The lowest BCUT2D eigenvalue weighted by Gasteiger charge is -2.34. The van der Waals surface area contributed by atoms with Crippen LogP contribution in [0.4, 0.5) is 0 Å². The van der Waals surface area contributed by atoms with Gasteiger partial charge in [-0.05, 0) is 43.9 Å². The van der Waals surface area contributed by atoms with Gasteiger partial charge >= 0.3 is 0 Å². The quantitative estimate of drug-likeness (QED) is 0.894. The monoisotopic (exact) mass is 344 g/mol. The molecule has 2 N–H and O–H groups in total. The minimum atomic E-state index is -0.00310. The van der Waals surface area contributed by atoms with Gasteiger partial charge in [0.25, 0.3) is 5.91 Å². The van der Waals surface area contributed by atoms with Gasteiger partial charge in [-0.3, -0.25) is 4.79 Å². The van der Waals surface area contributed by atoms with Crippen LogP contribution < -0.4 is 5.73 Å². The van der Waals surface area contributed by atoms with E-state index in [9.17, 15) is 4.79 Å². The molecule has 0 aromatic heterocycles. The maximum atomic E-state index is 12.5. The molecular weight excluding hydrogens is 328 g/mol. The van der Waals surface area contributed by atoms with Gasteiger partial charge in [-0.25, -0.2) is 0 Å². The van der Waals surface area contributed by atoms with Gasteiger partial charge in [-0.1, -0.05) is 27.5 Å². The van der Waals surface area contributed by atoms with Gasteiger partial charge in [0.1, 0.15) is 0 Å². The topological polar surface area (TPSA) is 46.3 Å². The van der Waals surface area contributed by atoms with E-state index in [1.807, 2.05) is 17.9 Å². The van der Waals surface area contributed by atoms with E-state index in [2.05, 4.69) is 15.9 Å². The Kier molecular flexibility index (Phi) is 4.87. The first-order chi connectivity index (χ1) is 8.99. The van der Waals surface area contributed by atoms with Crippen molar-refractivity contribution in [2.24, 2.45) is 11.7 Å². The van der Waals surface area contributed by atoms with E-state index in [4.69, 9.17) is 17.3 Å². The van der Waals surface area contributed by atoms with Crippen molar-refractivity contribution in [1.82, 2.24) is 4.90 Å². The normalized spacial score (nSPS) is 21.3. The molecule has 0 spiro atoms. The van der Waals surface area contributed by atoms with Crippen molar-refractivity contribution in [3.63, 3.8) is 0 Å². The Bertz CT molecular complexity index is 479. The Morgan fingerprint density at radius 1 is 1.58 bits per heavy atom. The molecule has 0 bridgehead atoms. The molecule has 0 radical (unpaired) electrons. The minimum absolute atomic E-state index is 0.00310. The largest absolute Gasteiger partial charge is 0.338 e. The highest BCUT2D eigenvalue weighted by Crippen LogP contribution is 2.25. The molecule has 104 valence electrons. The highest BCUT2D eigenvalue weighted by atomic mass is 79.9. The highest BCUT2D eigenvalue weighted by Gasteiger charge is 2.27. The summed E-state index contributed by atoms with van der Waals surface area (Å²) in [4.78, 5) is 14.4. The molecule has 1 aliphatic rings. The minimum Gasteiger partial charge on any atom is -0.338 e. The zero-order valence-corrected chi connectivity index (χ0v) is 13.2. The number of likely N-dealkylation sites (tertiary alicyclic amines) is 1. The molecule has 5 heteroatoms. The van der Waals surface area contributed by atoms with Crippen LogP contribution in [0.5, 0.6) is 0 Å². The third-order valence-corrected chi connectivity index (χ3v) is 4.47. The third-order valence-electron chi connectivity index (χ3n) is 3.65. The van der Waals surface area contributed by atoms with Crippen LogP contribution in [0.15, 0.2) is 22.7 Å². The number of halogens is 2. The SMILES string of the molecule is C[C@H](N)[C@@H]1CCCN(C(=O)c2cc(Br)ccc2Cl)C1. The molecule has 0 saturated carbocycles. The molecule has 2 rings (SSSR count). The Morgan fingerprint density at radius 3 is 3.00 bits per heavy atom. The van der Waals surface area contributed by atoms with Gasteiger partial charge in [0.15, 0.2) is 0 Å². The van der Waals surface area contributed by atoms with E-state index in [0.29, 0.717) is 16.5 Å². The summed E-state index contributed by atoms with van der Waals surface area (Å²) < 4.78 is 0.862. The Balaban J connectivity index is 2.17. The summed E-state index contributed by atoms with van der Waals surface area (Å²) in [5, 5.41) is 0.496. The summed E-state index contributed by atoms with van der Waals surface area (Å²) in [6.07, 6.45) is 2.09. The molecule has 3 nitrogen and oxygen atoms in total. The number of hydrogen-bond donors (Lipinski definition) is 1. The Labute approximate surface area is 127 Å². The molecule has 1 aromatic rings. The third kappa shape index (κ3) is 3.50. The van der Waals surface area contributed by atoms with Crippen molar-refractivity contribution in [1.29, 1.82) is 0 Å². The summed E-state index contributed by atoms with van der Waals surface area (Å²) in [7, 11) is 0. The molecule has 2 atom stereocenters. The number of nitrogens with zero attached hydrogens (tertiary/aromatic N) is 1. The molecule has 1 fully saturated rings. The van der Waals surface area contributed by atoms with E-state index in [-0.39, 0.29) is 11.9 Å². The fourth-order valence-electron chi connectivity index (χ4n) is 2.46. The van der Waals surface area contributed by atoms with Crippen molar-refractivity contribution < 1.29 is 4.79 Å². The van der Waals surface area contributed by atoms with Gasteiger partial charge in [-0.15, -0.1) is 0 Å². The van der Waals surface area contributed by atoms with Gasteiger partial charge in [0.05, 0.1) is 10.6 Å². The number of carbonyl (C=O) groups is 1.